The molecule has 0 spiro atoms. The number of hydrogen-bond acceptors (Lipinski definition) is 4. The molecule has 5 nitrogen and oxygen atoms in total. The van der Waals surface area contributed by atoms with E-state index in [9.17, 15) is 4.79 Å². The number of nitrogens with one attached hydrogen (secondary N) is 2. The van der Waals surface area contributed by atoms with Gasteiger partial charge in [-0.3, -0.25) is 4.79 Å². The highest BCUT2D eigenvalue weighted by molar-refractivity contribution is 5.92. The molecule has 0 aliphatic heterocycles. The first-order chi connectivity index (χ1) is 7.77. The quantitative estimate of drug-likeness (QED) is 0.702. The van der Waals surface area contributed by atoms with Gasteiger partial charge in [0, 0.05) is 12.6 Å². The first kappa shape index (κ1) is 11.1. The van der Waals surface area contributed by atoms with Gasteiger partial charge in [-0.25, -0.2) is 4.98 Å². The molecule has 1 amide bonds. The van der Waals surface area contributed by atoms with Gasteiger partial charge in [0.15, 0.2) is 6.39 Å². The maximum Gasteiger partial charge on any atom is 0.288 e. The van der Waals surface area contributed by atoms with Gasteiger partial charge in [0.05, 0.1) is 5.69 Å². The van der Waals surface area contributed by atoms with Crippen LogP contribution in [0.1, 0.15) is 35.5 Å². The maximum atomic E-state index is 11.6. The SMILES string of the molecule is Cc1ncoc1C(=O)NCCCNC1CC1. The van der Waals surface area contributed by atoms with E-state index in [2.05, 4.69) is 15.6 Å². The average molecular weight is 223 g/mol. The molecule has 0 saturated heterocycles. The van der Waals surface area contributed by atoms with Crippen LogP contribution in [-0.2, 0) is 0 Å². The van der Waals surface area contributed by atoms with Gasteiger partial charge in [-0.2, -0.15) is 0 Å². The summed E-state index contributed by atoms with van der Waals surface area (Å²) in [5.74, 6) is 0.136. The number of nitrogens with zero attached hydrogens (tertiary/aromatic N) is 1. The number of carbonyl (C=O) groups excluding carboxylic acids is 1. The maximum absolute atomic E-state index is 11.6. The van der Waals surface area contributed by atoms with Crippen LogP contribution in [0, 0.1) is 6.92 Å². The second-order valence-corrected chi connectivity index (χ2v) is 4.10. The Kier molecular flexibility index (Phi) is 3.56. The molecule has 0 atom stereocenters. The number of hydrogen-bond donors (Lipinski definition) is 2. The van der Waals surface area contributed by atoms with Crippen LogP contribution in [0.15, 0.2) is 10.8 Å². The third-order valence-corrected chi connectivity index (χ3v) is 2.60. The van der Waals surface area contributed by atoms with Crippen LogP contribution in [0.25, 0.3) is 0 Å². The first-order valence-electron chi connectivity index (χ1n) is 5.69. The number of rotatable bonds is 6. The monoisotopic (exact) mass is 223 g/mol. The van der Waals surface area contributed by atoms with E-state index >= 15 is 0 Å². The molecule has 88 valence electrons. The Morgan fingerprint density at radius 2 is 2.38 bits per heavy atom. The van der Waals surface area contributed by atoms with E-state index in [4.69, 9.17) is 4.42 Å². The number of aryl methyl sites for hydroxylation is 1. The van der Waals surface area contributed by atoms with Crippen LogP contribution in [0.2, 0.25) is 0 Å². The number of amides is 1. The fourth-order valence-corrected chi connectivity index (χ4v) is 1.48. The van der Waals surface area contributed by atoms with Crippen molar-refractivity contribution in [1.29, 1.82) is 0 Å². The highest BCUT2D eigenvalue weighted by Crippen LogP contribution is 2.18. The van der Waals surface area contributed by atoms with Gasteiger partial charge in [0.2, 0.25) is 5.76 Å². The summed E-state index contributed by atoms with van der Waals surface area (Å²) in [5.41, 5.74) is 0.633. The Labute approximate surface area is 94.6 Å². The van der Waals surface area contributed by atoms with Crippen LogP contribution < -0.4 is 10.6 Å². The van der Waals surface area contributed by atoms with E-state index in [0.717, 1.165) is 19.0 Å². The van der Waals surface area contributed by atoms with Gasteiger partial charge < -0.3 is 15.1 Å². The summed E-state index contributed by atoms with van der Waals surface area (Å²) in [6.07, 6.45) is 4.82. The largest absolute Gasteiger partial charge is 0.438 e. The molecule has 0 aromatic carbocycles. The summed E-state index contributed by atoms with van der Waals surface area (Å²) in [7, 11) is 0. The molecule has 16 heavy (non-hydrogen) atoms. The minimum Gasteiger partial charge on any atom is -0.438 e. The summed E-state index contributed by atoms with van der Waals surface area (Å²) in [6, 6.07) is 0.729. The summed E-state index contributed by atoms with van der Waals surface area (Å²) in [5, 5.41) is 6.20. The predicted octanol–water partition coefficient (Wildman–Crippen LogP) is 0.855. The van der Waals surface area contributed by atoms with Crippen LogP contribution in [0.5, 0.6) is 0 Å². The van der Waals surface area contributed by atoms with Crippen molar-refractivity contribution in [2.45, 2.75) is 32.2 Å². The molecule has 5 heteroatoms. The Bertz CT molecular complexity index is 358. The van der Waals surface area contributed by atoms with Crippen molar-refractivity contribution in [3.63, 3.8) is 0 Å². The number of oxazole rings is 1. The summed E-state index contributed by atoms with van der Waals surface area (Å²) in [4.78, 5) is 15.4. The minimum atomic E-state index is -0.179. The summed E-state index contributed by atoms with van der Waals surface area (Å²) < 4.78 is 4.99. The highest BCUT2D eigenvalue weighted by atomic mass is 16.3. The van der Waals surface area contributed by atoms with Crippen molar-refractivity contribution in [1.82, 2.24) is 15.6 Å². The Morgan fingerprint density at radius 3 is 3.00 bits per heavy atom. The van der Waals surface area contributed by atoms with E-state index < -0.39 is 0 Å². The molecule has 2 rings (SSSR count). The fraction of sp³-hybridized carbons (Fsp3) is 0.636. The first-order valence-corrected chi connectivity index (χ1v) is 5.69. The lowest BCUT2D eigenvalue weighted by atomic mass is 10.3. The van der Waals surface area contributed by atoms with Gasteiger partial charge in [-0.15, -0.1) is 0 Å². The van der Waals surface area contributed by atoms with Crippen LogP contribution in [0.4, 0.5) is 0 Å². The smallest absolute Gasteiger partial charge is 0.288 e. The average Bonchev–Trinajstić information content (AvgIpc) is 2.99. The standard InChI is InChI=1S/C11H17N3O2/c1-8-10(16-7-14-8)11(15)13-6-2-5-12-9-3-4-9/h7,9,12H,2-6H2,1H3,(H,13,15). The number of aromatic nitrogens is 1. The molecular formula is C11H17N3O2. The van der Waals surface area contributed by atoms with Crippen molar-refractivity contribution < 1.29 is 9.21 Å². The van der Waals surface area contributed by atoms with Crippen molar-refractivity contribution in [3.8, 4) is 0 Å². The lowest BCUT2D eigenvalue weighted by Gasteiger charge is -2.04. The predicted molar refractivity (Wildman–Crippen MR) is 59.2 cm³/mol. The molecule has 1 saturated carbocycles. The van der Waals surface area contributed by atoms with Crippen molar-refractivity contribution >= 4 is 5.91 Å². The van der Waals surface area contributed by atoms with Gasteiger partial charge in [-0.1, -0.05) is 0 Å². The lowest BCUT2D eigenvalue weighted by Crippen LogP contribution is -2.28. The van der Waals surface area contributed by atoms with Crippen molar-refractivity contribution in [2.75, 3.05) is 13.1 Å². The summed E-state index contributed by atoms with van der Waals surface area (Å²) >= 11 is 0. The molecular weight excluding hydrogens is 206 g/mol. The third-order valence-electron chi connectivity index (χ3n) is 2.60. The number of carbonyl (C=O) groups is 1. The normalized spacial score (nSPS) is 15.1. The zero-order chi connectivity index (χ0) is 11.4. The van der Waals surface area contributed by atoms with E-state index in [1.165, 1.54) is 19.2 Å². The Hall–Kier alpha value is -1.36. The highest BCUT2D eigenvalue weighted by Gasteiger charge is 2.19. The lowest BCUT2D eigenvalue weighted by molar-refractivity contribution is 0.0924. The van der Waals surface area contributed by atoms with Gasteiger partial charge in [-0.05, 0) is 32.7 Å². The molecule has 2 N–H and O–H groups in total. The molecule has 1 aliphatic carbocycles. The van der Waals surface area contributed by atoms with Crippen LogP contribution in [0.3, 0.4) is 0 Å². The Balaban J connectivity index is 1.61. The van der Waals surface area contributed by atoms with Gasteiger partial charge >= 0.3 is 0 Å². The fourth-order valence-electron chi connectivity index (χ4n) is 1.48. The molecule has 1 aromatic rings. The molecule has 1 aromatic heterocycles. The second-order valence-electron chi connectivity index (χ2n) is 4.10. The van der Waals surface area contributed by atoms with Crippen LogP contribution in [-0.4, -0.2) is 30.0 Å². The molecule has 0 unspecified atom stereocenters. The minimum absolute atomic E-state index is 0.179. The zero-order valence-electron chi connectivity index (χ0n) is 9.45. The van der Waals surface area contributed by atoms with Crippen molar-refractivity contribution in [2.24, 2.45) is 0 Å². The van der Waals surface area contributed by atoms with E-state index in [1.807, 2.05) is 0 Å². The van der Waals surface area contributed by atoms with Crippen molar-refractivity contribution in [3.05, 3.63) is 17.8 Å². The summed E-state index contributed by atoms with van der Waals surface area (Å²) in [6.45, 7) is 3.38. The molecule has 0 bridgehead atoms. The second kappa shape index (κ2) is 5.12. The molecule has 1 fully saturated rings. The zero-order valence-corrected chi connectivity index (χ0v) is 9.45. The third kappa shape index (κ3) is 3.06. The Morgan fingerprint density at radius 1 is 1.56 bits per heavy atom. The molecule has 0 radical (unpaired) electrons. The van der Waals surface area contributed by atoms with E-state index in [0.29, 0.717) is 18.0 Å². The topological polar surface area (TPSA) is 67.2 Å². The van der Waals surface area contributed by atoms with Crippen LogP contribution >= 0.6 is 0 Å². The van der Waals surface area contributed by atoms with E-state index in [1.54, 1.807) is 6.92 Å². The van der Waals surface area contributed by atoms with E-state index in [-0.39, 0.29) is 5.91 Å². The van der Waals surface area contributed by atoms with Gasteiger partial charge in [0.1, 0.15) is 0 Å². The van der Waals surface area contributed by atoms with Gasteiger partial charge in [0.25, 0.3) is 5.91 Å². The molecule has 1 heterocycles. The molecule has 1 aliphatic rings.